The van der Waals surface area contributed by atoms with E-state index < -0.39 is 0 Å². The van der Waals surface area contributed by atoms with Crippen molar-refractivity contribution in [3.05, 3.63) is 59.6 Å². The van der Waals surface area contributed by atoms with Crippen molar-refractivity contribution in [1.29, 1.82) is 0 Å². The van der Waals surface area contributed by atoms with Gasteiger partial charge in [0.1, 0.15) is 5.82 Å². The van der Waals surface area contributed by atoms with Crippen LogP contribution in [0.4, 0.5) is 5.82 Å². The Morgan fingerprint density at radius 1 is 1.12 bits per heavy atom. The lowest BCUT2D eigenvalue weighted by Crippen LogP contribution is -2.41. The van der Waals surface area contributed by atoms with Crippen LogP contribution in [0.2, 0.25) is 5.02 Å². The fourth-order valence-electron chi connectivity index (χ4n) is 3.96. The van der Waals surface area contributed by atoms with Crippen LogP contribution in [-0.2, 0) is 9.53 Å². The summed E-state index contributed by atoms with van der Waals surface area (Å²) >= 11 is 6.19. The Balaban J connectivity index is 1.49. The molecule has 0 spiro atoms. The van der Waals surface area contributed by atoms with E-state index in [2.05, 4.69) is 30.2 Å². The van der Waals surface area contributed by atoms with Crippen LogP contribution in [0.5, 0.6) is 0 Å². The Labute approximate surface area is 196 Å². The van der Waals surface area contributed by atoms with E-state index in [1.807, 2.05) is 43.5 Å². The number of hydrogen-bond acceptors (Lipinski definition) is 6. The van der Waals surface area contributed by atoms with Crippen molar-refractivity contribution in [2.45, 2.75) is 6.92 Å². The second-order valence-electron chi connectivity index (χ2n) is 7.98. The molecule has 0 unspecified atom stereocenters. The summed E-state index contributed by atoms with van der Waals surface area (Å²) in [7, 11) is 0. The molecule has 168 valence electrons. The summed E-state index contributed by atoms with van der Waals surface area (Å²) in [4.78, 5) is 31.4. The first kappa shape index (κ1) is 21.5. The van der Waals surface area contributed by atoms with E-state index in [1.165, 1.54) is 0 Å². The van der Waals surface area contributed by atoms with Gasteiger partial charge in [-0.3, -0.25) is 19.7 Å². The quantitative estimate of drug-likeness (QED) is 0.466. The number of halogens is 1. The van der Waals surface area contributed by atoms with Gasteiger partial charge >= 0.3 is 0 Å². The third-order valence-corrected chi connectivity index (χ3v) is 5.79. The zero-order valence-corrected chi connectivity index (χ0v) is 18.9. The maximum atomic E-state index is 12.6. The number of rotatable bonds is 5. The lowest BCUT2D eigenvalue weighted by atomic mass is 10.0. The average molecular weight is 463 g/mol. The fourth-order valence-corrected chi connectivity index (χ4v) is 4.12. The molecule has 4 aromatic rings. The number of morpholine rings is 1. The Morgan fingerprint density at radius 3 is 2.76 bits per heavy atom. The first-order valence-electron chi connectivity index (χ1n) is 10.7. The molecule has 5 heterocycles. The molecule has 1 aliphatic rings. The smallest absolute Gasteiger partial charge is 0.239 e. The molecule has 2 N–H and O–H groups in total. The molecular weight excluding hydrogens is 440 g/mol. The summed E-state index contributed by atoms with van der Waals surface area (Å²) in [6.07, 6.45) is 5.16. The molecule has 0 aliphatic carbocycles. The molecule has 5 rings (SSSR count). The van der Waals surface area contributed by atoms with Gasteiger partial charge in [0.25, 0.3) is 0 Å². The number of amides is 1. The first-order valence-corrected chi connectivity index (χ1v) is 11.1. The number of anilines is 1. The van der Waals surface area contributed by atoms with Gasteiger partial charge in [-0.15, -0.1) is 0 Å². The second kappa shape index (κ2) is 9.27. The number of nitrogens with zero attached hydrogens (tertiary/aromatic N) is 4. The molecule has 33 heavy (non-hydrogen) atoms. The maximum Gasteiger partial charge on any atom is 0.239 e. The number of H-pyrrole nitrogens is 1. The summed E-state index contributed by atoms with van der Waals surface area (Å²) in [5.41, 5.74) is 6.15. The number of aromatic nitrogens is 4. The Morgan fingerprint density at radius 2 is 1.97 bits per heavy atom. The van der Waals surface area contributed by atoms with E-state index >= 15 is 0 Å². The van der Waals surface area contributed by atoms with Crippen molar-refractivity contribution in [2.24, 2.45) is 0 Å². The SMILES string of the molecule is Cc1ccc(-c2c(-c3ccnc(NC(=O)CN4CCOCC4)c3)[nH]c3cc(Cl)cnc23)cn1. The number of nitrogens with one attached hydrogen (secondary N) is 2. The lowest BCUT2D eigenvalue weighted by molar-refractivity contribution is -0.118. The molecule has 9 heteroatoms. The third kappa shape index (κ3) is 4.73. The number of carbonyl (C=O) groups excluding carboxylic acids is 1. The maximum absolute atomic E-state index is 12.6. The van der Waals surface area contributed by atoms with Crippen molar-refractivity contribution in [3.63, 3.8) is 0 Å². The predicted molar refractivity (Wildman–Crippen MR) is 128 cm³/mol. The highest BCUT2D eigenvalue weighted by molar-refractivity contribution is 6.31. The Kier molecular flexibility index (Phi) is 6.04. The molecule has 1 saturated heterocycles. The van der Waals surface area contributed by atoms with Crippen LogP contribution < -0.4 is 5.32 Å². The molecule has 8 nitrogen and oxygen atoms in total. The molecule has 0 saturated carbocycles. The van der Waals surface area contributed by atoms with Crippen LogP contribution in [0.1, 0.15) is 5.69 Å². The molecule has 0 radical (unpaired) electrons. The number of fused-ring (bicyclic) bond motifs is 1. The molecule has 0 bridgehead atoms. The monoisotopic (exact) mass is 462 g/mol. The minimum Gasteiger partial charge on any atom is -0.379 e. The number of ether oxygens (including phenoxy) is 1. The summed E-state index contributed by atoms with van der Waals surface area (Å²) in [6.45, 7) is 5.06. The minimum absolute atomic E-state index is 0.102. The van der Waals surface area contributed by atoms with Gasteiger partial charge < -0.3 is 15.0 Å². The van der Waals surface area contributed by atoms with E-state index in [0.717, 1.165) is 52.2 Å². The van der Waals surface area contributed by atoms with Gasteiger partial charge in [0.05, 0.1) is 41.5 Å². The number of carbonyl (C=O) groups is 1. The van der Waals surface area contributed by atoms with Crippen LogP contribution in [0, 0.1) is 6.92 Å². The van der Waals surface area contributed by atoms with Crippen molar-refractivity contribution in [2.75, 3.05) is 38.2 Å². The van der Waals surface area contributed by atoms with E-state index in [1.54, 1.807) is 12.4 Å². The zero-order valence-electron chi connectivity index (χ0n) is 18.1. The molecule has 4 aromatic heterocycles. The molecule has 0 aromatic carbocycles. The van der Waals surface area contributed by atoms with E-state index in [0.29, 0.717) is 30.6 Å². The number of aryl methyl sites for hydroxylation is 1. The van der Waals surface area contributed by atoms with Crippen molar-refractivity contribution in [1.82, 2.24) is 24.8 Å². The number of aromatic amines is 1. The molecule has 1 amide bonds. The zero-order chi connectivity index (χ0) is 22.8. The highest BCUT2D eigenvalue weighted by Gasteiger charge is 2.19. The number of hydrogen-bond donors (Lipinski definition) is 2. The van der Waals surface area contributed by atoms with Crippen molar-refractivity contribution >= 4 is 34.4 Å². The highest BCUT2D eigenvalue weighted by Crippen LogP contribution is 2.38. The van der Waals surface area contributed by atoms with Gasteiger partial charge in [0.15, 0.2) is 0 Å². The van der Waals surface area contributed by atoms with Gasteiger partial charge in [-0.1, -0.05) is 17.7 Å². The topological polar surface area (TPSA) is 96.0 Å². The standard InChI is InChI=1S/C24H23ClN6O2/c1-15-2-3-17(12-27-15)22-23(29-19-11-18(25)13-28-24(19)22)16-4-5-26-20(10-16)30-21(32)14-31-6-8-33-9-7-31/h2-5,10-13,29H,6-9,14H2,1H3,(H,26,30,32). The molecular formula is C24H23ClN6O2. The van der Waals surface area contributed by atoms with Crippen LogP contribution in [0.25, 0.3) is 33.4 Å². The Bertz CT molecular complexity index is 1300. The minimum atomic E-state index is -0.102. The first-order chi connectivity index (χ1) is 16.1. The fraction of sp³-hybridized carbons (Fsp3) is 0.250. The normalized spacial score (nSPS) is 14.5. The van der Waals surface area contributed by atoms with Gasteiger partial charge in [0.2, 0.25) is 5.91 Å². The predicted octanol–water partition coefficient (Wildman–Crippen LogP) is 3.92. The molecule has 0 atom stereocenters. The second-order valence-corrected chi connectivity index (χ2v) is 8.42. The highest BCUT2D eigenvalue weighted by atomic mass is 35.5. The number of pyridine rings is 3. The largest absolute Gasteiger partial charge is 0.379 e. The van der Waals surface area contributed by atoms with Gasteiger partial charge in [-0.05, 0) is 31.2 Å². The molecule has 1 aliphatic heterocycles. The summed E-state index contributed by atoms with van der Waals surface area (Å²) in [5, 5.41) is 3.46. The van der Waals surface area contributed by atoms with Gasteiger partial charge in [0, 0.05) is 54.1 Å². The van der Waals surface area contributed by atoms with E-state index in [9.17, 15) is 4.79 Å². The van der Waals surface area contributed by atoms with Gasteiger partial charge in [-0.25, -0.2) is 4.98 Å². The van der Waals surface area contributed by atoms with Crippen LogP contribution in [-0.4, -0.2) is 63.6 Å². The van der Waals surface area contributed by atoms with Gasteiger partial charge in [-0.2, -0.15) is 0 Å². The van der Waals surface area contributed by atoms with Crippen molar-refractivity contribution < 1.29 is 9.53 Å². The Hall–Kier alpha value is -3.33. The van der Waals surface area contributed by atoms with E-state index in [-0.39, 0.29) is 5.91 Å². The molecule has 1 fully saturated rings. The van der Waals surface area contributed by atoms with Crippen molar-refractivity contribution in [3.8, 4) is 22.4 Å². The summed E-state index contributed by atoms with van der Waals surface area (Å²) in [5.74, 6) is 0.387. The summed E-state index contributed by atoms with van der Waals surface area (Å²) < 4.78 is 5.34. The van der Waals surface area contributed by atoms with Crippen LogP contribution in [0.15, 0.2) is 48.9 Å². The third-order valence-electron chi connectivity index (χ3n) is 5.59. The van der Waals surface area contributed by atoms with Crippen LogP contribution >= 0.6 is 11.6 Å². The van der Waals surface area contributed by atoms with Crippen LogP contribution in [0.3, 0.4) is 0 Å². The average Bonchev–Trinajstić information content (AvgIpc) is 3.19. The van der Waals surface area contributed by atoms with E-state index in [4.69, 9.17) is 16.3 Å². The summed E-state index contributed by atoms with van der Waals surface area (Å²) in [6, 6.07) is 9.60. The lowest BCUT2D eigenvalue weighted by Gasteiger charge is -2.25.